The van der Waals surface area contributed by atoms with Gasteiger partial charge in [-0.15, -0.1) is 0 Å². The number of nitrogens with zero attached hydrogens (tertiary/aromatic N) is 4. The highest BCUT2D eigenvalue weighted by atomic mass is 16.5. The Kier molecular flexibility index (Phi) is 17.8. The average Bonchev–Trinajstić information content (AvgIpc) is 3.79. The van der Waals surface area contributed by atoms with E-state index >= 15 is 0 Å². The Morgan fingerprint density at radius 1 is 0.700 bits per heavy atom. The predicted molar refractivity (Wildman–Crippen MR) is 274 cm³/mol. The molecule has 0 saturated carbocycles. The molecule has 4 unspecified atom stereocenters. The minimum absolute atomic E-state index is 0. The number of rotatable bonds is 12. The summed E-state index contributed by atoms with van der Waals surface area (Å²) in [4.78, 5) is 82.3. The van der Waals surface area contributed by atoms with Gasteiger partial charge in [0.05, 0.1) is 30.9 Å². The second-order valence-corrected chi connectivity index (χ2v) is 18.4. The zero-order chi connectivity index (χ0) is 50.4. The Hall–Kier alpha value is -6.94. The van der Waals surface area contributed by atoms with Gasteiger partial charge < -0.3 is 49.2 Å². The lowest BCUT2D eigenvalue weighted by atomic mass is 9.89. The third-order valence-electron chi connectivity index (χ3n) is 14.1. The van der Waals surface area contributed by atoms with Crippen LogP contribution < -0.4 is 26.3 Å². The van der Waals surface area contributed by atoms with E-state index in [1.165, 1.54) is 14.2 Å². The summed E-state index contributed by atoms with van der Waals surface area (Å²) in [5, 5.41) is 11.3. The van der Waals surface area contributed by atoms with E-state index in [0.29, 0.717) is 53.0 Å². The van der Waals surface area contributed by atoms with Gasteiger partial charge in [-0.05, 0) is 96.9 Å². The lowest BCUT2D eigenvalue weighted by Crippen LogP contribution is -2.38. The van der Waals surface area contributed by atoms with Crippen LogP contribution >= 0.6 is 0 Å². The van der Waals surface area contributed by atoms with Crippen molar-refractivity contribution in [2.45, 2.75) is 106 Å². The van der Waals surface area contributed by atoms with Gasteiger partial charge in [-0.3, -0.25) is 24.0 Å². The summed E-state index contributed by atoms with van der Waals surface area (Å²) in [7, 11) is 6.74. The number of ketones is 1. The van der Waals surface area contributed by atoms with E-state index in [9.17, 15) is 33.9 Å². The monoisotopic (exact) mass is 962 g/mol. The maximum Gasteiger partial charge on any atom is 0.338 e. The Balaban J connectivity index is 0.000000218. The average molecular weight is 962 g/mol. The Morgan fingerprint density at radius 2 is 1.11 bits per heavy atom. The molecule has 4 atom stereocenters. The number of pyridine rings is 2. The lowest BCUT2D eigenvalue weighted by molar-refractivity contribution is -0.134. The first kappa shape index (κ1) is 54.0. The highest BCUT2D eigenvalue weighted by molar-refractivity contribution is 6.09. The smallest absolute Gasteiger partial charge is 0.338 e. The summed E-state index contributed by atoms with van der Waals surface area (Å²) in [6.45, 7) is 13.4. The van der Waals surface area contributed by atoms with Crippen LogP contribution in [0.2, 0.25) is 0 Å². The maximum atomic E-state index is 13.5. The van der Waals surface area contributed by atoms with Gasteiger partial charge >= 0.3 is 5.97 Å². The van der Waals surface area contributed by atoms with Crippen molar-refractivity contribution in [1.29, 1.82) is 0 Å². The minimum atomic E-state index is -0.899. The molecular weight excluding hydrogens is 891 g/mol. The first-order valence-corrected chi connectivity index (χ1v) is 23.5. The van der Waals surface area contributed by atoms with Gasteiger partial charge in [0.25, 0.3) is 11.1 Å². The molecule has 16 nitrogen and oxygen atoms in total. The predicted octanol–water partition coefficient (Wildman–Crippen LogP) is 8.06. The Bertz CT molecular complexity index is 3000. The van der Waals surface area contributed by atoms with Gasteiger partial charge in [-0.2, -0.15) is 0 Å². The number of nitrogens with one attached hydrogen (secondary N) is 2. The summed E-state index contributed by atoms with van der Waals surface area (Å²) in [6.07, 6.45) is 3.43. The number of likely N-dealkylation sites (tertiary alicyclic amines) is 2. The molecule has 2 aliphatic rings. The number of nitrogens with two attached hydrogens (primary N) is 1. The van der Waals surface area contributed by atoms with E-state index in [1.807, 2.05) is 76.5 Å². The van der Waals surface area contributed by atoms with Crippen molar-refractivity contribution in [3.63, 3.8) is 0 Å². The number of hydrogen-bond donors (Lipinski definition) is 4. The number of benzene rings is 2. The van der Waals surface area contributed by atoms with Crippen molar-refractivity contribution in [1.82, 2.24) is 28.9 Å². The van der Waals surface area contributed by atoms with Crippen LogP contribution in [-0.4, -0.2) is 99.0 Å². The molecule has 8 rings (SSSR count). The van der Waals surface area contributed by atoms with E-state index in [1.54, 1.807) is 35.8 Å². The van der Waals surface area contributed by atoms with E-state index < -0.39 is 5.97 Å². The maximum absolute atomic E-state index is 13.5. The van der Waals surface area contributed by atoms with Crippen LogP contribution in [-0.2, 0) is 22.6 Å². The molecule has 16 heteroatoms. The third kappa shape index (κ3) is 11.2. The highest BCUT2D eigenvalue weighted by Crippen LogP contribution is 2.38. The van der Waals surface area contributed by atoms with Crippen LogP contribution in [0.25, 0.3) is 21.8 Å². The molecule has 0 aliphatic carbocycles. The fourth-order valence-corrected chi connectivity index (χ4v) is 10.2. The quantitative estimate of drug-likeness (QED) is 0.0866. The van der Waals surface area contributed by atoms with Gasteiger partial charge in [0, 0.05) is 115 Å². The van der Waals surface area contributed by atoms with Crippen LogP contribution in [0, 0.1) is 39.5 Å². The molecule has 6 aromatic rings. The van der Waals surface area contributed by atoms with Crippen molar-refractivity contribution in [2.75, 3.05) is 41.4 Å². The van der Waals surface area contributed by atoms with Gasteiger partial charge in [0.15, 0.2) is 5.78 Å². The first-order valence-electron chi connectivity index (χ1n) is 23.5. The van der Waals surface area contributed by atoms with Crippen LogP contribution in [0.4, 0.5) is 0 Å². The SMILES string of the molecule is C.COc1cc(C)[nH]c(=O)c1CCC(=O)c1c(C)n(C(C)C2CCN(C)C(=O)C2)c2ccccc12.COc1cc(C)[nH]c(=O)c1CN.Cc1c(C(=O)O)c2ccccc2n1C(C)C1CCN(C)C(=O)C1. The summed E-state index contributed by atoms with van der Waals surface area (Å²) < 4.78 is 14.7. The molecule has 0 spiro atoms. The number of aromatic carboxylic acids is 1. The molecule has 2 saturated heterocycles. The molecule has 6 heterocycles. The molecule has 2 aliphatic heterocycles. The number of carboxylic acid groups (broad SMARTS) is 1. The van der Waals surface area contributed by atoms with Crippen molar-refractivity contribution in [3.8, 4) is 11.5 Å². The van der Waals surface area contributed by atoms with E-state index in [4.69, 9.17) is 15.2 Å². The van der Waals surface area contributed by atoms with Crippen molar-refractivity contribution in [2.24, 2.45) is 17.6 Å². The molecule has 376 valence electrons. The zero-order valence-electron chi connectivity index (χ0n) is 41.5. The Labute approximate surface area is 409 Å². The minimum Gasteiger partial charge on any atom is -0.496 e. The van der Waals surface area contributed by atoms with Crippen molar-refractivity contribution < 1.29 is 33.8 Å². The van der Waals surface area contributed by atoms with Crippen LogP contribution in [0.5, 0.6) is 11.5 Å². The summed E-state index contributed by atoms with van der Waals surface area (Å²) in [5.74, 6) is 0.954. The number of aromatic amines is 2. The number of piperidine rings is 2. The Morgan fingerprint density at radius 3 is 1.54 bits per heavy atom. The number of carbonyl (C=O) groups is 4. The third-order valence-corrected chi connectivity index (χ3v) is 14.1. The number of carbonyl (C=O) groups excluding carboxylic acids is 3. The largest absolute Gasteiger partial charge is 0.496 e. The van der Waals surface area contributed by atoms with Crippen LogP contribution in [0.3, 0.4) is 0 Å². The summed E-state index contributed by atoms with van der Waals surface area (Å²) in [6, 6.07) is 19.3. The molecule has 0 radical (unpaired) electrons. The van der Waals surface area contributed by atoms with Crippen molar-refractivity contribution in [3.05, 3.63) is 126 Å². The molecule has 70 heavy (non-hydrogen) atoms. The number of amides is 2. The topological polar surface area (TPSA) is 215 Å². The molecule has 2 fully saturated rings. The number of carboxylic acids is 1. The number of aryl methyl sites for hydroxylation is 2. The van der Waals surface area contributed by atoms with Crippen LogP contribution in [0.15, 0.2) is 70.3 Å². The van der Waals surface area contributed by atoms with Gasteiger partial charge in [0.2, 0.25) is 11.8 Å². The molecule has 2 amide bonds. The number of hydrogen-bond acceptors (Lipinski definition) is 9. The summed E-state index contributed by atoms with van der Waals surface area (Å²) in [5.41, 5.74) is 12.1. The molecular formula is C54H71N7O9. The number of methoxy groups -OCH3 is 2. The first-order chi connectivity index (χ1) is 32.8. The molecule has 4 aromatic heterocycles. The molecule has 5 N–H and O–H groups in total. The van der Waals surface area contributed by atoms with E-state index in [2.05, 4.69) is 32.9 Å². The number of ether oxygens (including phenoxy) is 2. The number of H-pyrrole nitrogens is 2. The second-order valence-electron chi connectivity index (χ2n) is 18.4. The van der Waals surface area contributed by atoms with Crippen molar-refractivity contribution >= 4 is 45.4 Å². The normalized spacial score (nSPS) is 16.7. The number of fused-ring (bicyclic) bond motifs is 2. The van der Waals surface area contributed by atoms with E-state index in [-0.39, 0.29) is 73.0 Å². The highest BCUT2D eigenvalue weighted by Gasteiger charge is 2.33. The van der Waals surface area contributed by atoms with Gasteiger partial charge in [0.1, 0.15) is 11.5 Å². The van der Waals surface area contributed by atoms with Gasteiger partial charge in [-0.25, -0.2) is 4.79 Å². The number of Topliss-reactive ketones (excluding diaryl/α,β-unsaturated/α-hetero) is 1. The lowest BCUT2D eigenvalue weighted by Gasteiger charge is -2.34. The number of aromatic nitrogens is 4. The zero-order valence-corrected chi connectivity index (χ0v) is 41.5. The fourth-order valence-electron chi connectivity index (χ4n) is 10.2. The molecule has 0 bridgehead atoms. The standard InChI is InChI=1S/C27H33N3O4.C18H22N2O3.C8H12N2O2.CH4/c1-16-14-24(34-5)21(27(33)28-16)10-11-23(31)26-18(3)30(22-9-7-6-8-20(22)26)17(2)19-12-13-29(4)25(32)15-19;1-11(13-8-9-19(3)16(21)10-13)20-12(2)17(18(22)23)14-6-4-5-7-15(14)20;1-5-3-7(12-2)6(4-9)8(11)10-5;/h6-9,14,17,19H,10-13,15H2,1-5H3,(H,28,33);4-7,11,13H,8-10H2,1-3H3,(H,22,23);3H,4,9H2,1-2H3,(H,10,11);1H4. The van der Waals surface area contributed by atoms with Gasteiger partial charge in [-0.1, -0.05) is 43.8 Å². The number of para-hydroxylation sites is 2. The fraction of sp³-hybridized carbons (Fsp3) is 0.444. The molecule has 2 aromatic carbocycles. The second kappa shape index (κ2) is 23.1. The van der Waals surface area contributed by atoms with Crippen LogP contribution in [0.1, 0.15) is 120 Å². The summed E-state index contributed by atoms with van der Waals surface area (Å²) >= 11 is 0. The van der Waals surface area contributed by atoms with E-state index in [0.717, 1.165) is 70.5 Å².